The molecule has 3 rings (SSSR count). The number of carbonyl (C=O) groups is 1. The van der Waals surface area contributed by atoms with E-state index in [1.165, 1.54) is 31.5 Å². The Morgan fingerprint density at radius 3 is 2.77 bits per heavy atom. The normalized spacial score (nSPS) is 26.4. The molecule has 4 nitrogen and oxygen atoms in total. The fraction of sp³-hybridized carbons (Fsp3) is 0.611. The van der Waals surface area contributed by atoms with Crippen LogP contribution in [0.15, 0.2) is 24.3 Å². The predicted molar refractivity (Wildman–Crippen MR) is 88.9 cm³/mol. The Morgan fingerprint density at radius 2 is 2.00 bits per heavy atom. The molecule has 1 amide bonds. The Balaban J connectivity index is 1.71. The Morgan fingerprint density at radius 1 is 1.23 bits per heavy atom. The number of carbonyl (C=O) groups excluding carboxylic acids is 1. The molecule has 2 aliphatic rings. The lowest BCUT2D eigenvalue weighted by Crippen LogP contribution is -2.57. The minimum Gasteiger partial charge on any atom is -0.333 e. The summed E-state index contributed by atoms with van der Waals surface area (Å²) in [6, 6.07) is 8.79. The molecule has 0 aromatic heterocycles. The van der Waals surface area contributed by atoms with Gasteiger partial charge in [-0.3, -0.25) is 9.69 Å². The van der Waals surface area contributed by atoms with Gasteiger partial charge in [-0.2, -0.15) is 0 Å². The maximum atomic E-state index is 12.8. The number of benzene rings is 1. The van der Waals surface area contributed by atoms with Crippen LogP contribution in [-0.4, -0.2) is 54.0 Å². The molecule has 1 aromatic carbocycles. The molecule has 2 unspecified atom stereocenters. The molecule has 1 N–H and O–H groups in total. The van der Waals surface area contributed by atoms with E-state index in [4.69, 9.17) is 0 Å². The Bertz CT molecular complexity index is 525. The Hall–Kier alpha value is -1.39. The minimum absolute atomic E-state index is 0.170. The number of nitrogens with one attached hydrogen (secondary N) is 1. The van der Waals surface area contributed by atoms with Crippen molar-refractivity contribution in [1.82, 2.24) is 15.1 Å². The second-order valence-corrected chi connectivity index (χ2v) is 6.67. The smallest absolute Gasteiger partial charge is 0.254 e. The molecule has 2 heterocycles. The molecule has 0 saturated carbocycles. The highest BCUT2D eigenvalue weighted by Gasteiger charge is 2.28. The van der Waals surface area contributed by atoms with Crippen molar-refractivity contribution in [2.24, 2.45) is 0 Å². The molecule has 2 atom stereocenters. The molecule has 0 bridgehead atoms. The van der Waals surface area contributed by atoms with E-state index in [-0.39, 0.29) is 11.9 Å². The van der Waals surface area contributed by atoms with Gasteiger partial charge in [0.1, 0.15) is 0 Å². The molecule has 0 radical (unpaired) electrons. The molecule has 1 aromatic rings. The first-order valence-electron chi connectivity index (χ1n) is 8.51. The third-order valence-electron chi connectivity index (χ3n) is 5.07. The van der Waals surface area contributed by atoms with E-state index < -0.39 is 0 Å². The summed E-state index contributed by atoms with van der Waals surface area (Å²) in [6.07, 6.45) is 2.60. The van der Waals surface area contributed by atoms with Crippen molar-refractivity contribution in [3.8, 4) is 0 Å². The molecule has 22 heavy (non-hydrogen) atoms. The van der Waals surface area contributed by atoms with Crippen LogP contribution in [0.25, 0.3) is 0 Å². The first kappa shape index (κ1) is 15.5. The van der Waals surface area contributed by atoms with Crippen LogP contribution in [0.1, 0.15) is 42.6 Å². The van der Waals surface area contributed by atoms with Crippen LogP contribution >= 0.6 is 0 Å². The zero-order valence-corrected chi connectivity index (χ0v) is 13.7. The Labute approximate surface area is 133 Å². The van der Waals surface area contributed by atoms with Crippen molar-refractivity contribution in [3.05, 3.63) is 35.4 Å². The summed E-state index contributed by atoms with van der Waals surface area (Å²) in [6.45, 7) is 9.28. The number of piperazine rings is 1. The Kier molecular flexibility index (Phi) is 4.79. The van der Waals surface area contributed by atoms with Crippen molar-refractivity contribution >= 4 is 5.91 Å². The van der Waals surface area contributed by atoms with Gasteiger partial charge >= 0.3 is 0 Å². The topological polar surface area (TPSA) is 35.6 Å². The van der Waals surface area contributed by atoms with E-state index in [0.717, 1.165) is 25.2 Å². The quantitative estimate of drug-likeness (QED) is 0.929. The molecular formula is C18H27N3O. The number of amides is 1. The summed E-state index contributed by atoms with van der Waals surface area (Å²) >= 11 is 0. The standard InChI is InChI=1S/C18H27N3O/c1-14-15(2)21(11-8-19-14)18(22)17-7-5-6-16(12-17)13-20-9-3-4-10-20/h5-7,12,14-15,19H,3-4,8-11,13H2,1-2H3. The van der Waals surface area contributed by atoms with Gasteiger partial charge in [0.25, 0.3) is 5.91 Å². The minimum atomic E-state index is 0.170. The highest BCUT2D eigenvalue weighted by molar-refractivity contribution is 5.94. The molecule has 2 saturated heterocycles. The summed E-state index contributed by atoms with van der Waals surface area (Å²) in [4.78, 5) is 17.3. The third kappa shape index (κ3) is 3.33. The second kappa shape index (κ2) is 6.80. The second-order valence-electron chi connectivity index (χ2n) is 6.67. The van der Waals surface area contributed by atoms with Crippen LogP contribution in [-0.2, 0) is 6.54 Å². The van der Waals surface area contributed by atoms with Gasteiger partial charge in [0, 0.05) is 37.3 Å². The number of likely N-dealkylation sites (tertiary alicyclic amines) is 1. The fourth-order valence-corrected chi connectivity index (χ4v) is 3.51. The van der Waals surface area contributed by atoms with Gasteiger partial charge < -0.3 is 10.2 Å². The summed E-state index contributed by atoms with van der Waals surface area (Å²) in [7, 11) is 0. The summed E-state index contributed by atoms with van der Waals surface area (Å²) < 4.78 is 0. The van der Waals surface area contributed by atoms with Crippen LogP contribution in [0.2, 0.25) is 0 Å². The number of hydrogen-bond donors (Lipinski definition) is 1. The van der Waals surface area contributed by atoms with Gasteiger partial charge in [-0.1, -0.05) is 12.1 Å². The average Bonchev–Trinajstić information content (AvgIpc) is 3.02. The van der Waals surface area contributed by atoms with E-state index in [1.54, 1.807) is 0 Å². The zero-order valence-electron chi connectivity index (χ0n) is 13.7. The molecule has 120 valence electrons. The van der Waals surface area contributed by atoms with Gasteiger partial charge in [-0.25, -0.2) is 0 Å². The molecular weight excluding hydrogens is 274 g/mol. The molecule has 4 heteroatoms. The number of hydrogen-bond acceptors (Lipinski definition) is 3. The van der Waals surface area contributed by atoms with Crippen LogP contribution in [0.5, 0.6) is 0 Å². The van der Waals surface area contributed by atoms with Gasteiger partial charge in [0.2, 0.25) is 0 Å². The van der Waals surface area contributed by atoms with Crippen LogP contribution in [0, 0.1) is 0 Å². The lowest BCUT2D eigenvalue weighted by atomic mass is 10.0. The summed E-state index contributed by atoms with van der Waals surface area (Å²) in [5.41, 5.74) is 2.08. The van der Waals surface area contributed by atoms with E-state index in [9.17, 15) is 4.79 Å². The predicted octanol–water partition coefficient (Wildman–Crippen LogP) is 2.10. The zero-order chi connectivity index (χ0) is 15.5. The SMILES string of the molecule is CC1NCCN(C(=O)c2cccc(CN3CCCC3)c2)C1C. The van der Waals surface area contributed by atoms with Crippen LogP contribution in [0.4, 0.5) is 0 Å². The third-order valence-corrected chi connectivity index (χ3v) is 5.07. The fourth-order valence-electron chi connectivity index (χ4n) is 3.51. The van der Waals surface area contributed by atoms with Crippen LogP contribution < -0.4 is 5.32 Å². The first-order valence-corrected chi connectivity index (χ1v) is 8.51. The largest absolute Gasteiger partial charge is 0.333 e. The van der Waals surface area contributed by atoms with E-state index in [1.807, 2.05) is 17.0 Å². The highest BCUT2D eigenvalue weighted by atomic mass is 16.2. The summed E-state index contributed by atoms with van der Waals surface area (Å²) in [5, 5.41) is 3.43. The number of nitrogens with zero attached hydrogens (tertiary/aromatic N) is 2. The molecule has 2 aliphatic heterocycles. The lowest BCUT2D eigenvalue weighted by Gasteiger charge is -2.38. The maximum absolute atomic E-state index is 12.8. The van der Waals surface area contributed by atoms with Crippen LogP contribution in [0.3, 0.4) is 0 Å². The molecule has 0 spiro atoms. The van der Waals surface area contributed by atoms with Gasteiger partial charge in [-0.15, -0.1) is 0 Å². The van der Waals surface area contributed by atoms with E-state index >= 15 is 0 Å². The van der Waals surface area contributed by atoms with Gasteiger partial charge in [0.15, 0.2) is 0 Å². The maximum Gasteiger partial charge on any atom is 0.254 e. The van der Waals surface area contributed by atoms with E-state index in [0.29, 0.717) is 6.04 Å². The van der Waals surface area contributed by atoms with E-state index in [2.05, 4.69) is 36.2 Å². The van der Waals surface area contributed by atoms with Crippen molar-refractivity contribution < 1.29 is 4.79 Å². The number of rotatable bonds is 3. The highest BCUT2D eigenvalue weighted by Crippen LogP contribution is 2.17. The summed E-state index contributed by atoms with van der Waals surface area (Å²) in [5.74, 6) is 0.170. The monoisotopic (exact) mass is 301 g/mol. The molecule has 2 fully saturated rings. The van der Waals surface area contributed by atoms with Crippen molar-refractivity contribution in [1.29, 1.82) is 0 Å². The van der Waals surface area contributed by atoms with Gasteiger partial charge in [-0.05, 0) is 57.5 Å². The first-order chi connectivity index (χ1) is 10.6. The van der Waals surface area contributed by atoms with Crippen molar-refractivity contribution in [2.75, 3.05) is 26.2 Å². The lowest BCUT2D eigenvalue weighted by molar-refractivity contribution is 0.0603. The van der Waals surface area contributed by atoms with Crippen molar-refractivity contribution in [3.63, 3.8) is 0 Å². The average molecular weight is 301 g/mol. The van der Waals surface area contributed by atoms with Gasteiger partial charge in [0.05, 0.1) is 0 Å². The van der Waals surface area contributed by atoms with Crippen molar-refractivity contribution in [2.45, 2.75) is 45.3 Å². The molecule has 0 aliphatic carbocycles.